The van der Waals surface area contributed by atoms with Crippen molar-refractivity contribution in [1.82, 2.24) is 0 Å². The van der Waals surface area contributed by atoms with E-state index < -0.39 is 0 Å². The molecule has 0 N–H and O–H groups in total. The molecule has 2 rings (SSSR count). The molecule has 22 heavy (non-hydrogen) atoms. The summed E-state index contributed by atoms with van der Waals surface area (Å²) in [6, 6.07) is 15.7. The third-order valence-electron chi connectivity index (χ3n) is 3.38. The van der Waals surface area contributed by atoms with Crippen LogP contribution in [0.2, 0.25) is 5.02 Å². The van der Waals surface area contributed by atoms with E-state index >= 15 is 0 Å². The summed E-state index contributed by atoms with van der Waals surface area (Å²) >= 11 is 5.80. The molecule has 0 amide bonds. The van der Waals surface area contributed by atoms with Crippen LogP contribution in [-0.2, 0) is 0 Å². The largest absolute Gasteiger partial charge is 0.494 e. The zero-order valence-corrected chi connectivity index (χ0v) is 12.9. The number of rotatable bonds is 7. The van der Waals surface area contributed by atoms with Crippen LogP contribution >= 0.6 is 11.6 Å². The van der Waals surface area contributed by atoms with E-state index in [1.54, 1.807) is 24.3 Å². The molecule has 1 atom stereocenters. The van der Waals surface area contributed by atoms with Crippen LogP contribution in [0.5, 0.6) is 5.75 Å². The van der Waals surface area contributed by atoms with E-state index in [1.165, 1.54) is 12.1 Å². The molecule has 2 aromatic rings. The van der Waals surface area contributed by atoms with Crippen LogP contribution in [0.15, 0.2) is 48.5 Å². The van der Waals surface area contributed by atoms with E-state index in [-0.39, 0.29) is 11.7 Å². The molecule has 1 unspecified atom stereocenters. The molecule has 0 radical (unpaired) electrons. The quantitative estimate of drug-likeness (QED) is 0.646. The second-order valence-electron chi connectivity index (χ2n) is 5.03. The third-order valence-corrected chi connectivity index (χ3v) is 3.63. The molecule has 2 nitrogen and oxygen atoms in total. The number of unbranched alkanes of at least 4 members (excludes halogenated alkanes) is 1. The van der Waals surface area contributed by atoms with Gasteiger partial charge in [-0.05, 0) is 61.2 Å². The van der Waals surface area contributed by atoms with E-state index in [9.17, 15) is 9.65 Å². The van der Waals surface area contributed by atoms with Crippen LogP contribution in [-0.4, -0.2) is 6.61 Å². The van der Waals surface area contributed by atoms with Crippen LogP contribution in [0.25, 0.3) is 0 Å². The zero-order valence-electron chi connectivity index (χ0n) is 12.1. The monoisotopic (exact) mass is 317 g/mol. The second kappa shape index (κ2) is 8.41. The molecule has 0 bridgehead atoms. The average Bonchev–Trinajstić information content (AvgIpc) is 2.52. The fourth-order valence-electron chi connectivity index (χ4n) is 2.20. The molecule has 2 aromatic carbocycles. The summed E-state index contributed by atoms with van der Waals surface area (Å²) in [5.74, 6) is 0.210. The Morgan fingerprint density at radius 3 is 2.59 bits per heavy atom. The Morgan fingerprint density at radius 1 is 1.14 bits per heavy atom. The van der Waals surface area contributed by atoms with Crippen LogP contribution in [0.1, 0.15) is 30.7 Å². The van der Waals surface area contributed by atoms with Crippen molar-refractivity contribution in [2.45, 2.75) is 25.2 Å². The van der Waals surface area contributed by atoms with Gasteiger partial charge in [0.2, 0.25) is 0 Å². The standard InChI is InChI=1S/C18H17ClFNO/c19-16-7-9-18(10-8-16)22-11-2-1-4-15(13-21)14-5-3-6-17(20)12-14/h3,5-10,12,15H,1-2,4,11H2. The molecule has 0 aliphatic heterocycles. The van der Waals surface area contributed by atoms with Crippen molar-refractivity contribution in [2.75, 3.05) is 6.61 Å². The minimum Gasteiger partial charge on any atom is -0.494 e. The molecule has 0 aromatic heterocycles. The van der Waals surface area contributed by atoms with Gasteiger partial charge < -0.3 is 4.74 Å². The number of nitriles is 1. The summed E-state index contributed by atoms with van der Waals surface area (Å²) in [5, 5.41) is 9.89. The van der Waals surface area contributed by atoms with Crippen molar-refractivity contribution >= 4 is 11.6 Å². The maximum Gasteiger partial charge on any atom is 0.123 e. The minimum absolute atomic E-state index is 0.272. The first-order valence-corrected chi connectivity index (χ1v) is 7.60. The smallest absolute Gasteiger partial charge is 0.123 e. The van der Waals surface area contributed by atoms with E-state index in [2.05, 4.69) is 6.07 Å². The Balaban J connectivity index is 1.73. The molecule has 0 spiro atoms. The molecule has 0 saturated carbocycles. The lowest BCUT2D eigenvalue weighted by Gasteiger charge is -2.10. The van der Waals surface area contributed by atoms with Gasteiger partial charge in [-0.25, -0.2) is 4.39 Å². The predicted octanol–water partition coefficient (Wildman–Crippen LogP) is 5.34. The van der Waals surface area contributed by atoms with Crippen LogP contribution in [0, 0.1) is 17.1 Å². The Labute approximate surface area is 135 Å². The Morgan fingerprint density at radius 2 is 1.91 bits per heavy atom. The summed E-state index contributed by atoms with van der Waals surface area (Å²) in [6.07, 6.45) is 2.39. The summed E-state index contributed by atoms with van der Waals surface area (Å²) in [6.45, 7) is 0.586. The van der Waals surface area contributed by atoms with Crippen molar-refractivity contribution < 1.29 is 9.13 Å². The van der Waals surface area contributed by atoms with E-state index in [4.69, 9.17) is 16.3 Å². The first kappa shape index (κ1) is 16.3. The first-order chi connectivity index (χ1) is 10.7. The van der Waals surface area contributed by atoms with Gasteiger partial charge in [-0.2, -0.15) is 5.26 Å². The van der Waals surface area contributed by atoms with Gasteiger partial charge in [-0.1, -0.05) is 23.7 Å². The third kappa shape index (κ3) is 5.05. The molecule has 0 aliphatic carbocycles. The fraction of sp³-hybridized carbons (Fsp3) is 0.278. The number of hydrogen-bond donors (Lipinski definition) is 0. The number of benzene rings is 2. The number of ether oxygens (including phenoxy) is 1. The fourth-order valence-corrected chi connectivity index (χ4v) is 2.33. The number of hydrogen-bond acceptors (Lipinski definition) is 2. The lowest BCUT2D eigenvalue weighted by atomic mass is 9.95. The average molecular weight is 318 g/mol. The summed E-state index contributed by atoms with van der Waals surface area (Å²) in [4.78, 5) is 0. The lowest BCUT2D eigenvalue weighted by molar-refractivity contribution is 0.304. The predicted molar refractivity (Wildman–Crippen MR) is 85.6 cm³/mol. The lowest BCUT2D eigenvalue weighted by Crippen LogP contribution is -2.00. The Bertz CT molecular complexity index is 636. The van der Waals surface area contributed by atoms with Crippen LogP contribution in [0.4, 0.5) is 4.39 Å². The van der Waals surface area contributed by atoms with Crippen molar-refractivity contribution in [1.29, 1.82) is 5.26 Å². The highest BCUT2D eigenvalue weighted by molar-refractivity contribution is 6.30. The van der Waals surface area contributed by atoms with E-state index in [0.29, 0.717) is 18.1 Å². The maximum atomic E-state index is 13.2. The highest BCUT2D eigenvalue weighted by Crippen LogP contribution is 2.22. The molecule has 4 heteroatoms. The van der Waals surface area contributed by atoms with Gasteiger partial charge in [-0.15, -0.1) is 0 Å². The number of halogens is 2. The molecule has 0 aliphatic rings. The number of nitrogens with zero attached hydrogens (tertiary/aromatic N) is 1. The molecule has 114 valence electrons. The highest BCUT2D eigenvalue weighted by Gasteiger charge is 2.10. The molecule has 0 saturated heterocycles. The Hall–Kier alpha value is -2.05. The van der Waals surface area contributed by atoms with Gasteiger partial charge in [0.05, 0.1) is 18.6 Å². The minimum atomic E-state index is -0.302. The van der Waals surface area contributed by atoms with Gasteiger partial charge >= 0.3 is 0 Å². The topological polar surface area (TPSA) is 33.0 Å². The summed E-state index contributed by atoms with van der Waals surface area (Å²) in [5.41, 5.74) is 0.737. The van der Waals surface area contributed by atoms with Crippen LogP contribution in [0.3, 0.4) is 0 Å². The Kier molecular flexibility index (Phi) is 6.24. The normalized spacial score (nSPS) is 11.7. The highest BCUT2D eigenvalue weighted by atomic mass is 35.5. The maximum absolute atomic E-state index is 13.2. The van der Waals surface area contributed by atoms with Crippen molar-refractivity contribution in [3.63, 3.8) is 0 Å². The molecule has 0 heterocycles. The molecular formula is C18H17ClFNO. The van der Waals surface area contributed by atoms with Gasteiger partial charge in [0, 0.05) is 5.02 Å². The van der Waals surface area contributed by atoms with E-state index in [1.807, 2.05) is 12.1 Å². The summed E-state index contributed by atoms with van der Waals surface area (Å²) in [7, 11) is 0. The molecular weight excluding hydrogens is 301 g/mol. The van der Waals surface area contributed by atoms with Gasteiger partial charge in [-0.3, -0.25) is 0 Å². The zero-order chi connectivity index (χ0) is 15.8. The summed E-state index contributed by atoms with van der Waals surface area (Å²) < 4.78 is 18.8. The van der Waals surface area contributed by atoms with E-state index in [0.717, 1.165) is 24.2 Å². The van der Waals surface area contributed by atoms with Crippen molar-refractivity contribution in [2.24, 2.45) is 0 Å². The van der Waals surface area contributed by atoms with Gasteiger partial charge in [0.15, 0.2) is 0 Å². The first-order valence-electron chi connectivity index (χ1n) is 7.22. The van der Waals surface area contributed by atoms with Gasteiger partial charge in [0.25, 0.3) is 0 Å². The van der Waals surface area contributed by atoms with Gasteiger partial charge in [0.1, 0.15) is 11.6 Å². The SMILES string of the molecule is N#CC(CCCCOc1ccc(Cl)cc1)c1cccc(F)c1. The van der Waals surface area contributed by atoms with Crippen molar-refractivity contribution in [3.8, 4) is 11.8 Å². The van der Waals surface area contributed by atoms with Crippen LogP contribution < -0.4 is 4.74 Å². The second-order valence-corrected chi connectivity index (χ2v) is 5.47. The van der Waals surface area contributed by atoms with Crippen molar-refractivity contribution in [3.05, 3.63) is 64.9 Å². The molecule has 0 fully saturated rings.